The van der Waals surface area contributed by atoms with Crippen molar-refractivity contribution in [2.24, 2.45) is 0 Å². The van der Waals surface area contributed by atoms with E-state index < -0.39 is 10.0 Å². The molecule has 1 fully saturated rings. The van der Waals surface area contributed by atoms with Crippen LogP contribution in [-0.4, -0.2) is 31.6 Å². The van der Waals surface area contributed by atoms with Gasteiger partial charge in [-0.15, -0.1) is 0 Å². The Bertz CT molecular complexity index is 1020. The maximum atomic E-state index is 12.3. The number of nitrogens with zero attached hydrogens (tertiary/aromatic N) is 2. The Morgan fingerprint density at radius 3 is 2.62 bits per heavy atom. The first-order chi connectivity index (χ1) is 11.5. The van der Waals surface area contributed by atoms with E-state index in [1.807, 2.05) is 0 Å². The van der Waals surface area contributed by atoms with E-state index in [1.165, 1.54) is 10.7 Å². The van der Waals surface area contributed by atoms with E-state index in [2.05, 4.69) is 10.3 Å². The zero-order chi connectivity index (χ0) is 16.7. The first-order valence-electron chi connectivity index (χ1n) is 7.28. The molecule has 0 radical (unpaired) electrons. The molecule has 1 aliphatic heterocycles. The predicted octanol–water partition coefficient (Wildman–Crippen LogP) is 2.23. The Kier molecular flexibility index (Phi) is 3.27. The van der Waals surface area contributed by atoms with Gasteiger partial charge < -0.3 is 9.73 Å². The van der Waals surface area contributed by atoms with Crippen LogP contribution in [0.4, 0.5) is 11.4 Å². The van der Waals surface area contributed by atoms with Crippen LogP contribution >= 0.6 is 0 Å². The van der Waals surface area contributed by atoms with Crippen molar-refractivity contribution in [2.45, 2.75) is 0 Å². The molecule has 0 saturated carbocycles. The summed E-state index contributed by atoms with van der Waals surface area (Å²) in [5.41, 5.74) is 2.91. The molecule has 0 bridgehead atoms. The van der Waals surface area contributed by atoms with Gasteiger partial charge in [0.25, 0.3) is 5.91 Å². The maximum absolute atomic E-state index is 12.3. The van der Waals surface area contributed by atoms with Crippen molar-refractivity contribution in [1.29, 1.82) is 0 Å². The summed E-state index contributed by atoms with van der Waals surface area (Å²) >= 11 is 0. The number of sulfonamides is 1. The van der Waals surface area contributed by atoms with Crippen LogP contribution in [0.15, 0.2) is 53.3 Å². The van der Waals surface area contributed by atoms with Gasteiger partial charge in [-0.05, 0) is 36.4 Å². The van der Waals surface area contributed by atoms with Gasteiger partial charge in [-0.3, -0.25) is 9.10 Å². The van der Waals surface area contributed by atoms with Gasteiger partial charge in [0, 0.05) is 23.9 Å². The third-order valence-corrected chi connectivity index (χ3v) is 5.66. The molecule has 3 aromatic rings. The molecular formula is C16H13N3O4S. The molecule has 2 aromatic carbocycles. The van der Waals surface area contributed by atoms with Crippen LogP contribution in [0.5, 0.6) is 0 Å². The highest BCUT2D eigenvalue weighted by Crippen LogP contribution is 2.25. The molecular weight excluding hydrogens is 330 g/mol. The number of carbonyl (C=O) groups is 1. The number of aromatic nitrogens is 1. The summed E-state index contributed by atoms with van der Waals surface area (Å²) in [7, 11) is -3.16. The van der Waals surface area contributed by atoms with Gasteiger partial charge in [-0.1, -0.05) is 0 Å². The molecule has 1 N–H and O–H groups in total. The van der Waals surface area contributed by atoms with E-state index in [4.69, 9.17) is 4.42 Å². The van der Waals surface area contributed by atoms with E-state index in [1.54, 1.807) is 42.5 Å². The average Bonchev–Trinajstić information content (AvgIpc) is 3.02. The first-order valence-corrected chi connectivity index (χ1v) is 8.89. The normalized spacial score (nSPS) is 15.9. The highest BCUT2D eigenvalue weighted by molar-refractivity contribution is 7.94. The minimum Gasteiger partial charge on any atom is -0.443 e. The van der Waals surface area contributed by atoms with E-state index >= 15 is 0 Å². The molecule has 1 aliphatic rings. The second-order valence-electron chi connectivity index (χ2n) is 5.42. The second kappa shape index (κ2) is 5.34. The third-order valence-electron chi connectivity index (χ3n) is 3.89. The number of benzene rings is 2. The smallest absolute Gasteiger partial charge is 0.255 e. The zero-order valence-electron chi connectivity index (χ0n) is 12.5. The van der Waals surface area contributed by atoms with Crippen molar-refractivity contribution in [3.05, 3.63) is 54.4 Å². The Morgan fingerprint density at radius 2 is 1.96 bits per heavy atom. The average molecular weight is 343 g/mol. The van der Waals surface area contributed by atoms with E-state index in [9.17, 15) is 13.2 Å². The van der Waals surface area contributed by atoms with Crippen molar-refractivity contribution in [3.8, 4) is 0 Å². The number of fused-ring (bicyclic) bond motifs is 1. The number of rotatable bonds is 3. The summed E-state index contributed by atoms with van der Waals surface area (Å²) < 4.78 is 29.7. The number of oxazole rings is 1. The SMILES string of the molecule is O=C(Nc1ccc2ncoc2c1)c1ccc(N2CCS2(=O)=O)cc1. The zero-order valence-corrected chi connectivity index (χ0v) is 13.3. The molecule has 4 rings (SSSR count). The summed E-state index contributed by atoms with van der Waals surface area (Å²) in [4.78, 5) is 16.3. The van der Waals surface area contributed by atoms with Gasteiger partial charge in [0.05, 0.1) is 11.4 Å². The van der Waals surface area contributed by atoms with Crippen molar-refractivity contribution in [1.82, 2.24) is 4.98 Å². The van der Waals surface area contributed by atoms with Crippen LogP contribution in [0.2, 0.25) is 0 Å². The van der Waals surface area contributed by atoms with Crippen LogP contribution in [0.25, 0.3) is 11.1 Å². The topological polar surface area (TPSA) is 92.5 Å². The highest BCUT2D eigenvalue weighted by Gasteiger charge is 2.32. The fourth-order valence-electron chi connectivity index (χ4n) is 2.54. The molecule has 0 spiro atoms. The molecule has 7 nitrogen and oxygen atoms in total. The molecule has 8 heteroatoms. The van der Waals surface area contributed by atoms with Gasteiger partial charge in [0.1, 0.15) is 5.52 Å². The fourth-order valence-corrected chi connectivity index (χ4v) is 3.64. The third kappa shape index (κ3) is 2.50. The molecule has 1 saturated heterocycles. The van der Waals surface area contributed by atoms with Gasteiger partial charge in [0.2, 0.25) is 10.0 Å². The van der Waals surface area contributed by atoms with Crippen LogP contribution in [0.1, 0.15) is 10.4 Å². The Balaban J connectivity index is 1.51. The lowest BCUT2D eigenvalue weighted by atomic mass is 10.2. The standard InChI is InChI=1S/C16H13N3O4S/c20-16(18-12-3-6-14-15(9-12)23-10-17-14)11-1-4-13(5-2-11)19-7-8-24(19,21)22/h1-6,9-10H,7-8H2,(H,18,20). The van der Waals surface area contributed by atoms with E-state index in [0.29, 0.717) is 34.6 Å². The highest BCUT2D eigenvalue weighted by atomic mass is 32.2. The first kappa shape index (κ1) is 14.7. The quantitative estimate of drug-likeness (QED) is 0.787. The molecule has 24 heavy (non-hydrogen) atoms. The number of hydrogen-bond donors (Lipinski definition) is 1. The van der Waals surface area contributed by atoms with E-state index in [0.717, 1.165) is 0 Å². The minimum atomic E-state index is -3.16. The van der Waals surface area contributed by atoms with Crippen molar-refractivity contribution in [3.63, 3.8) is 0 Å². The summed E-state index contributed by atoms with van der Waals surface area (Å²) in [6.07, 6.45) is 1.35. The van der Waals surface area contributed by atoms with Crippen molar-refractivity contribution in [2.75, 3.05) is 21.9 Å². The Labute approximate surface area is 138 Å². The number of nitrogens with one attached hydrogen (secondary N) is 1. The molecule has 0 aliphatic carbocycles. The molecule has 1 amide bonds. The van der Waals surface area contributed by atoms with E-state index in [-0.39, 0.29) is 11.7 Å². The maximum Gasteiger partial charge on any atom is 0.255 e. The molecule has 2 heterocycles. The Morgan fingerprint density at radius 1 is 1.17 bits per heavy atom. The predicted molar refractivity (Wildman–Crippen MR) is 89.5 cm³/mol. The van der Waals surface area contributed by atoms with Gasteiger partial charge >= 0.3 is 0 Å². The van der Waals surface area contributed by atoms with Gasteiger partial charge in [-0.25, -0.2) is 13.4 Å². The molecule has 122 valence electrons. The van der Waals surface area contributed by atoms with Crippen LogP contribution < -0.4 is 9.62 Å². The van der Waals surface area contributed by atoms with Crippen molar-refractivity contribution < 1.29 is 17.6 Å². The van der Waals surface area contributed by atoms with Gasteiger partial charge in [0.15, 0.2) is 12.0 Å². The van der Waals surface area contributed by atoms with Gasteiger partial charge in [-0.2, -0.15) is 0 Å². The lowest BCUT2D eigenvalue weighted by molar-refractivity contribution is 0.102. The fraction of sp³-hybridized carbons (Fsp3) is 0.125. The lowest BCUT2D eigenvalue weighted by Gasteiger charge is -2.32. The number of hydrogen-bond acceptors (Lipinski definition) is 5. The Hall–Kier alpha value is -2.87. The van der Waals surface area contributed by atoms with Crippen molar-refractivity contribution >= 4 is 38.4 Å². The monoisotopic (exact) mass is 343 g/mol. The lowest BCUT2D eigenvalue weighted by Crippen LogP contribution is -2.47. The second-order valence-corrected chi connectivity index (χ2v) is 7.44. The minimum absolute atomic E-state index is 0.166. The number of anilines is 2. The largest absolute Gasteiger partial charge is 0.443 e. The number of amides is 1. The molecule has 0 atom stereocenters. The van der Waals surface area contributed by atoms with Crippen LogP contribution in [0.3, 0.4) is 0 Å². The summed E-state index contributed by atoms with van der Waals surface area (Å²) in [6, 6.07) is 11.7. The summed E-state index contributed by atoms with van der Waals surface area (Å²) in [5.74, 6) is -0.119. The molecule has 0 unspecified atom stereocenters. The summed E-state index contributed by atoms with van der Waals surface area (Å²) in [6.45, 7) is 0.477. The number of carbonyl (C=O) groups excluding carboxylic acids is 1. The van der Waals surface area contributed by atoms with Crippen LogP contribution in [0, 0.1) is 0 Å². The van der Waals surface area contributed by atoms with Crippen LogP contribution in [-0.2, 0) is 10.0 Å². The summed E-state index contributed by atoms with van der Waals surface area (Å²) in [5, 5.41) is 2.77. The molecule has 1 aromatic heterocycles.